The fraction of sp³-hybridized carbons (Fsp3) is 0.333. The molecular weight excluding hydrogens is 355 g/mol. The number of carbonyl (C=O) groups is 1. The van der Waals surface area contributed by atoms with Crippen molar-refractivity contribution >= 4 is 46.4 Å². The molecule has 1 aromatic carbocycles. The van der Waals surface area contributed by atoms with E-state index in [9.17, 15) is 4.79 Å². The fourth-order valence-corrected chi connectivity index (χ4v) is 3.34. The molecule has 0 bridgehead atoms. The summed E-state index contributed by atoms with van der Waals surface area (Å²) >= 11 is 7.36. The lowest BCUT2D eigenvalue weighted by Crippen LogP contribution is -2.49. The molecule has 1 aliphatic heterocycles. The van der Waals surface area contributed by atoms with Crippen LogP contribution in [0.1, 0.15) is 10.4 Å². The predicted molar refractivity (Wildman–Crippen MR) is 95.9 cm³/mol. The summed E-state index contributed by atoms with van der Waals surface area (Å²) < 4.78 is 0. The monoisotopic (exact) mass is 372 g/mol. The van der Waals surface area contributed by atoms with Crippen molar-refractivity contribution in [3.8, 4) is 0 Å². The Labute approximate surface area is 150 Å². The van der Waals surface area contributed by atoms with E-state index in [1.54, 1.807) is 6.20 Å². The van der Waals surface area contributed by atoms with Gasteiger partial charge in [0.2, 0.25) is 5.91 Å². The third kappa shape index (κ3) is 4.81. The molecule has 0 atom stereocenters. The van der Waals surface area contributed by atoms with E-state index in [2.05, 4.69) is 9.88 Å². The number of aromatic nitrogens is 1. The lowest BCUT2D eigenvalue weighted by molar-refractivity contribution is -0.136. The van der Waals surface area contributed by atoms with Gasteiger partial charge in [0.15, 0.2) is 5.13 Å². The Kier molecular flexibility index (Phi) is 6.24. The molecule has 5 nitrogen and oxygen atoms in total. The van der Waals surface area contributed by atoms with Crippen LogP contribution in [0.15, 0.2) is 30.5 Å². The van der Waals surface area contributed by atoms with Gasteiger partial charge in [-0.25, -0.2) is 4.98 Å². The molecule has 1 aromatic heterocycles. The van der Waals surface area contributed by atoms with Gasteiger partial charge in [0.1, 0.15) is 0 Å². The normalized spacial score (nSPS) is 15.5. The summed E-state index contributed by atoms with van der Waals surface area (Å²) in [4.78, 5) is 21.5. The van der Waals surface area contributed by atoms with Gasteiger partial charge in [-0.15, -0.1) is 23.7 Å². The van der Waals surface area contributed by atoms with Gasteiger partial charge in [-0.3, -0.25) is 9.69 Å². The van der Waals surface area contributed by atoms with Crippen molar-refractivity contribution in [2.24, 2.45) is 0 Å². The van der Waals surface area contributed by atoms with Crippen LogP contribution in [0.25, 0.3) is 0 Å². The van der Waals surface area contributed by atoms with Gasteiger partial charge >= 0.3 is 0 Å². The molecule has 2 N–H and O–H groups in total. The summed E-state index contributed by atoms with van der Waals surface area (Å²) in [5, 5.41) is 1.28. The number of nitrogen functional groups attached to an aromatic ring is 1. The first-order valence-electron chi connectivity index (χ1n) is 7.05. The number of nitrogens with two attached hydrogens (primary N) is 1. The Hall–Kier alpha value is -1.34. The molecule has 1 aliphatic rings. The largest absolute Gasteiger partial charge is 0.375 e. The number of carbonyl (C=O) groups excluding carboxylic acids is 1. The van der Waals surface area contributed by atoms with E-state index >= 15 is 0 Å². The number of rotatable bonds is 4. The van der Waals surface area contributed by atoms with Crippen LogP contribution in [-0.4, -0.2) is 40.3 Å². The van der Waals surface area contributed by atoms with Crippen LogP contribution in [0.5, 0.6) is 0 Å². The van der Waals surface area contributed by atoms with Gasteiger partial charge in [-0.1, -0.05) is 23.7 Å². The Morgan fingerprint density at radius 1 is 1.22 bits per heavy atom. The van der Waals surface area contributed by atoms with Gasteiger partial charge in [-0.2, -0.15) is 0 Å². The number of hydrogen-bond donors (Lipinski definition) is 1. The van der Waals surface area contributed by atoms with Crippen molar-refractivity contribution in [1.82, 2.24) is 14.8 Å². The maximum atomic E-state index is 12.3. The average Bonchev–Trinajstić information content (AvgIpc) is 2.89. The molecule has 1 saturated heterocycles. The lowest BCUT2D eigenvalue weighted by atomic mass is 10.2. The smallest absolute Gasteiger partial charge is 0.237 e. The van der Waals surface area contributed by atoms with E-state index in [0.717, 1.165) is 30.1 Å². The Bertz CT molecular complexity index is 662. The number of nitrogens with zero attached hydrogens (tertiary/aromatic N) is 3. The third-order valence-electron chi connectivity index (χ3n) is 3.64. The second-order valence-corrected chi connectivity index (χ2v) is 6.90. The highest BCUT2D eigenvalue weighted by atomic mass is 35.5. The average molecular weight is 373 g/mol. The minimum absolute atomic E-state index is 0. The molecule has 23 heavy (non-hydrogen) atoms. The van der Waals surface area contributed by atoms with Crippen LogP contribution >= 0.6 is 35.3 Å². The summed E-state index contributed by atoms with van der Waals surface area (Å²) in [7, 11) is 0. The summed E-state index contributed by atoms with van der Waals surface area (Å²) in [5.41, 5.74) is 6.73. The van der Waals surface area contributed by atoms with Crippen molar-refractivity contribution < 1.29 is 4.79 Å². The third-order valence-corrected chi connectivity index (χ3v) is 4.70. The van der Waals surface area contributed by atoms with E-state index in [1.165, 1.54) is 11.3 Å². The maximum Gasteiger partial charge on any atom is 0.237 e. The Morgan fingerprint density at radius 3 is 2.57 bits per heavy atom. The van der Waals surface area contributed by atoms with E-state index in [-0.39, 0.29) is 18.3 Å². The van der Waals surface area contributed by atoms with Gasteiger partial charge in [-0.05, 0) is 17.7 Å². The van der Waals surface area contributed by atoms with Crippen LogP contribution in [0.4, 0.5) is 5.13 Å². The molecule has 2 heterocycles. The summed E-state index contributed by atoms with van der Waals surface area (Å²) in [5.74, 6) is 0.152. The number of benzene rings is 1. The van der Waals surface area contributed by atoms with Crippen LogP contribution < -0.4 is 5.73 Å². The molecule has 3 rings (SSSR count). The van der Waals surface area contributed by atoms with Crippen molar-refractivity contribution in [1.29, 1.82) is 0 Å². The Balaban J connectivity index is 0.00000192. The molecule has 1 fully saturated rings. The highest BCUT2D eigenvalue weighted by Crippen LogP contribution is 2.18. The van der Waals surface area contributed by atoms with Crippen LogP contribution in [-0.2, 0) is 17.9 Å². The van der Waals surface area contributed by atoms with Crippen LogP contribution in [0.2, 0.25) is 5.02 Å². The molecule has 2 aromatic rings. The fourth-order valence-electron chi connectivity index (χ4n) is 2.49. The first-order chi connectivity index (χ1) is 10.6. The molecule has 0 saturated carbocycles. The van der Waals surface area contributed by atoms with E-state index < -0.39 is 0 Å². The quantitative estimate of drug-likeness (QED) is 0.895. The molecule has 124 valence electrons. The molecule has 0 spiro atoms. The molecule has 0 unspecified atom stereocenters. The topological polar surface area (TPSA) is 62.5 Å². The molecule has 0 aliphatic carbocycles. The van der Waals surface area contributed by atoms with E-state index in [0.29, 0.717) is 23.2 Å². The van der Waals surface area contributed by atoms with Gasteiger partial charge in [0.05, 0.1) is 6.54 Å². The van der Waals surface area contributed by atoms with Gasteiger partial charge in [0, 0.05) is 42.3 Å². The molecule has 1 amide bonds. The van der Waals surface area contributed by atoms with Crippen LogP contribution in [0.3, 0.4) is 0 Å². The zero-order valence-electron chi connectivity index (χ0n) is 12.4. The molecule has 8 heteroatoms. The first kappa shape index (κ1) is 18.0. The predicted octanol–water partition coefficient (Wildman–Crippen LogP) is 2.64. The highest BCUT2D eigenvalue weighted by Gasteiger charge is 2.24. The van der Waals surface area contributed by atoms with Crippen LogP contribution in [0, 0.1) is 0 Å². The van der Waals surface area contributed by atoms with Crippen molar-refractivity contribution in [2.45, 2.75) is 13.1 Å². The first-order valence-corrected chi connectivity index (χ1v) is 8.24. The van der Waals surface area contributed by atoms with Crippen molar-refractivity contribution in [3.05, 3.63) is 45.9 Å². The number of anilines is 1. The maximum absolute atomic E-state index is 12.3. The summed E-state index contributed by atoms with van der Waals surface area (Å²) in [6, 6.07) is 7.63. The SMILES string of the molecule is Cl.Nc1ncc(CN2CCN(Cc3ccc(Cl)cc3)C(=O)C2)s1. The van der Waals surface area contributed by atoms with Crippen molar-refractivity contribution in [2.75, 3.05) is 25.4 Å². The second kappa shape index (κ2) is 7.97. The van der Waals surface area contributed by atoms with Gasteiger partial charge < -0.3 is 10.6 Å². The summed E-state index contributed by atoms with van der Waals surface area (Å²) in [6.07, 6.45) is 1.78. The summed E-state index contributed by atoms with van der Waals surface area (Å²) in [6.45, 7) is 3.39. The van der Waals surface area contributed by atoms with Crippen molar-refractivity contribution in [3.63, 3.8) is 0 Å². The molecular formula is C15H18Cl2N4OS. The number of amides is 1. The van der Waals surface area contributed by atoms with E-state index in [4.69, 9.17) is 17.3 Å². The lowest BCUT2D eigenvalue weighted by Gasteiger charge is -2.34. The number of hydrogen-bond acceptors (Lipinski definition) is 5. The minimum atomic E-state index is 0. The molecule has 0 radical (unpaired) electrons. The van der Waals surface area contributed by atoms with Gasteiger partial charge in [0.25, 0.3) is 0 Å². The number of thiazole rings is 1. The number of piperazine rings is 1. The zero-order chi connectivity index (χ0) is 15.5. The zero-order valence-corrected chi connectivity index (χ0v) is 14.8. The highest BCUT2D eigenvalue weighted by molar-refractivity contribution is 7.15. The minimum Gasteiger partial charge on any atom is -0.375 e. The number of halogens is 2. The second-order valence-electron chi connectivity index (χ2n) is 5.32. The Morgan fingerprint density at radius 2 is 1.96 bits per heavy atom. The van der Waals surface area contributed by atoms with E-state index in [1.807, 2.05) is 29.2 Å². The standard InChI is InChI=1S/C15H17ClN4OS.ClH/c16-12-3-1-11(2-4-12)8-20-6-5-19(10-14(20)21)9-13-7-18-15(17)22-13;/h1-4,7H,5-6,8-10H2,(H2,17,18);1H.